The van der Waals surface area contributed by atoms with Crippen LogP contribution in [0.1, 0.15) is 0 Å². The number of hydrogen-bond donors (Lipinski definition) is 1. The number of rotatable bonds is 2. The lowest BCUT2D eigenvalue weighted by Gasteiger charge is -2.04. The van der Waals surface area contributed by atoms with Gasteiger partial charge in [-0.1, -0.05) is 0 Å². The molecule has 5 rings (SSSR count). The Morgan fingerprint density at radius 3 is 2.68 bits per heavy atom. The Balaban J connectivity index is 1.92. The second-order valence-electron chi connectivity index (χ2n) is 6.34. The fourth-order valence-corrected chi connectivity index (χ4v) is 3.64. The highest BCUT2D eigenvalue weighted by molar-refractivity contribution is 9.10. The molecule has 1 aromatic carbocycles. The predicted molar refractivity (Wildman–Crippen MR) is 107 cm³/mol. The Morgan fingerprint density at radius 1 is 1.14 bits per heavy atom. The largest absolute Gasteiger partial charge is 0.289 e. The van der Waals surface area contributed by atoms with E-state index in [9.17, 15) is 9.18 Å². The number of aryl methyl sites for hydroxylation is 1. The lowest BCUT2D eigenvalue weighted by Crippen LogP contribution is -2.14. The molecule has 0 radical (unpaired) electrons. The van der Waals surface area contributed by atoms with Crippen molar-refractivity contribution in [3.8, 4) is 16.9 Å². The number of hydrogen-bond acceptors (Lipinski definition) is 4. The average molecular weight is 439 g/mol. The standard InChI is InChI=1S/C19H12BrFN6O/c1-26-18-14(9-23-26)17-15(16(24-18)10-6-11(20)8-22-7-10)19(28)27(25-17)13-4-2-12(21)3-5-13/h2-9,25H,1H3. The van der Waals surface area contributed by atoms with E-state index in [2.05, 4.69) is 31.1 Å². The molecule has 0 amide bonds. The first-order valence-corrected chi connectivity index (χ1v) is 9.15. The van der Waals surface area contributed by atoms with Crippen molar-refractivity contribution in [2.24, 2.45) is 7.05 Å². The molecule has 0 unspecified atom stereocenters. The molecule has 4 aromatic heterocycles. The molecule has 138 valence electrons. The molecule has 0 atom stereocenters. The number of aromatic amines is 1. The molecule has 7 nitrogen and oxygen atoms in total. The molecule has 0 fully saturated rings. The molecule has 28 heavy (non-hydrogen) atoms. The Hall–Kier alpha value is -3.33. The van der Waals surface area contributed by atoms with Crippen molar-refractivity contribution in [3.63, 3.8) is 0 Å². The van der Waals surface area contributed by atoms with Gasteiger partial charge in [0.25, 0.3) is 5.56 Å². The zero-order valence-electron chi connectivity index (χ0n) is 14.5. The molecule has 5 aromatic rings. The molecule has 0 bridgehead atoms. The van der Waals surface area contributed by atoms with Gasteiger partial charge in [0.1, 0.15) is 5.82 Å². The van der Waals surface area contributed by atoms with Crippen LogP contribution in [0.4, 0.5) is 4.39 Å². The summed E-state index contributed by atoms with van der Waals surface area (Å²) in [6.45, 7) is 0. The number of aromatic nitrogens is 6. The van der Waals surface area contributed by atoms with E-state index in [0.717, 1.165) is 9.86 Å². The van der Waals surface area contributed by atoms with Gasteiger partial charge in [-0.15, -0.1) is 0 Å². The van der Waals surface area contributed by atoms with Gasteiger partial charge in [-0.3, -0.25) is 19.6 Å². The summed E-state index contributed by atoms with van der Waals surface area (Å²) >= 11 is 3.41. The lowest BCUT2D eigenvalue weighted by atomic mass is 10.1. The summed E-state index contributed by atoms with van der Waals surface area (Å²) in [6, 6.07) is 7.56. The highest BCUT2D eigenvalue weighted by Crippen LogP contribution is 2.30. The number of benzene rings is 1. The molecule has 1 N–H and O–H groups in total. The Bertz CT molecular complexity index is 1420. The van der Waals surface area contributed by atoms with Gasteiger partial charge in [0, 0.05) is 29.5 Å². The highest BCUT2D eigenvalue weighted by Gasteiger charge is 2.20. The van der Waals surface area contributed by atoms with Crippen LogP contribution < -0.4 is 5.56 Å². The summed E-state index contributed by atoms with van der Waals surface area (Å²) in [4.78, 5) is 22.2. The Kier molecular flexibility index (Phi) is 3.66. The molecular formula is C19H12BrFN6O. The van der Waals surface area contributed by atoms with Gasteiger partial charge in [-0.05, 0) is 46.3 Å². The maximum atomic E-state index is 13.3. The molecule has 4 heterocycles. The third kappa shape index (κ3) is 2.47. The van der Waals surface area contributed by atoms with Gasteiger partial charge in [0.05, 0.1) is 33.9 Å². The van der Waals surface area contributed by atoms with Crippen molar-refractivity contribution in [2.45, 2.75) is 0 Å². The molecular weight excluding hydrogens is 427 g/mol. The number of nitrogens with one attached hydrogen (secondary N) is 1. The van der Waals surface area contributed by atoms with Gasteiger partial charge in [0.2, 0.25) is 0 Å². The molecule has 0 saturated carbocycles. The SMILES string of the molecule is Cn1ncc2c3[nH]n(-c4ccc(F)cc4)c(=O)c3c(-c3cncc(Br)c3)nc21. The van der Waals surface area contributed by atoms with Gasteiger partial charge in [-0.2, -0.15) is 5.10 Å². The molecule has 0 saturated heterocycles. The van der Waals surface area contributed by atoms with Gasteiger partial charge >= 0.3 is 0 Å². The number of pyridine rings is 2. The number of fused-ring (bicyclic) bond motifs is 3. The second kappa shape index (κ2) is 6.10. The van der Waals surface area contributed by atoms with Crippen molar-refractivity contribution in [2.75, 3.05) is 0 Å². The summed E-state index contributed by atoms with van der Waals surface area (Å²) in [5.41, 5.74) is 2.69. The number of nitrogens with zero attached hydrogens (tertiary/aromatic N) is 5. The minimum Gasteiger partial charge on any atom is -0.289 e. The van der Waals surface area contributed by atoms with Crippen LogP contribution in [0.15, 0.2) is 58.2 Å². The third-order valence-corrected chi connectivity index (χ3v) is 5.02. The van der Waals surface area contributed by atoms with Crippen LogP contribution in [0.5, 0.6) is 0 Å². The summed E-state index contributed by atoms with van der Waals surface area (Å²) in [5.74, 6) is -0.370. The average Bonchev–Trinajstić information content (AvgIpc) is 3.23. The number of halogens is 2. The maximum Gasteiger partial charge on any atom is 0.281 e. The minimum absolute atomic E-state index is 0.283. The van der Waals surface area contributed by atoms with Crippen LogP contribution in [-0.2, 0) is 7.05 Å². The topological polar surface area (TPSA) is 81.4 Å². The van der Waals surface area contributed by atoms with Crippen LogP contribution >= 0.6 is 15.9 Å². The molecule has 9 heteroatoms. The quantitative estimate of drug-likeness (QED) is 0.456. The number of H-pyrrole nitrogens is 1. The van der Waals surface area contributed by atoms with Crippen LogP contribution in [0.3, 0.4) is 0 Å². The zero-order chi connectivity index (χ0) is 19.4. The maximum absolute atomic E-state index is 13.3. The summed E-state index contributed by atoms with van der Waals surface area (Å²) in [7, 11) is 1.79. The van der Waals surface area contributed by atoms with Crippen LogP contribution in [0, 0.1) is 5.82 Å². The first-order chi connectivity index (χ1) is 13.5. The summed E-state index contributed by atoms with van der Waals surface area (Å²) < 4.78 is 17.1. The Morgan fingerprint density at radius 2 is 1.93 bits per heavy atom. The van der Waals surface area contributed by atoms with E-state index < -0.39 is 0 Å². The predicted octanol–water partition coefficient (Wildman–Crippen LogP) is 3.56. The van der Waals surface area contributed by atoms with Crippen LogP contribution in [0.2, 0.25) is 0 Å². The van der Waals surface area contributed by atoms with Crippen molar-refractivity contribution >= 4 is 37.9 Å². The first-order valence-electron chi connectivity index (χ1n) is 8.36. The molecule has 0 spiro atoms. The lowest BCUT2D eigenvalue weighted by molar-refractivity contribution is 0.627. The molecule has 0 aliphatic carbocycles. The van der Waals surface area contributed by atoms with E-state index in [-0.39, 0.29) is 11.4 Å². The van der Waals surface area contributed by atoms with Crippen LogP contribution in [-0.4, -0.2) is 29.5 Å². The molecule has 0 aliphatic heterocycles. The van der Waals surface area contributed by atoms with E-state index in [1.165, 1.54) is 16.8 Å². The van der Waals surface area contributed by atoms with E-state index in [0.29, 0.717) is 33.5 Å². The molecule has 0 aliphatic rings. The second-order valence-corrected chi connectivity index (χ2v) is 7.25. The zero-order valence-corrected chi connectivity index (χ0v) is 16.1. The Labute approximate surface area is 165 Å². The van der Waals surface area contributed by atoms with Crippen molar-refractivity contribution < 1.29 is 4.39 Å². The minimum atomic E-state index is -0.370. The van der Waals surface area contributed by atoms with Crippen molar-refractivity contribution in [1.82, 2.24) is 29.5 Å². The van der Waals surface area contributed by atoms with Gasteiger partial charge < -0.3 is 0 Å². The highest BCUT2D eigenvalue weighted by atomic mass is 79.9. The fourth-order valence-electron chi connectivity index (χ4n) is 3.28. The van der Waals surface area contributed by atoms with E-state index in [1.54, 1.807) is 42.5 Å². The summed E-state index contributed by atoms with van der Waals surface area (Å²) in [6.07, 6.45) is 4.99. The van der Waals surface area contributed by atoms with Gasteiger partial charge in [0.15, 0.2) is 5.65 Å². The van der Waals surface area contributed by atoms with Crippen LogP contribution in [0.25, 0.3) is 38.9 Å². The monoisotopic (exact) mass is 438 g/mol. The van der Waals surface area contributed by atoms with E-state index >= 15 is 0 Å². The van der Waals surface area contributed by atoms with Gasteiger partial charge in [-0.25, -0.2) is 14.1 Å². The first kappa shape index (κ1) is 16.8. The third-order valence-electron chi connectivity index (χ3n) is 4.59. The van der Waals surface area contributed by atoms with E-state index in [1.807, 2.05) is 6.07 Å². The van der Waals surface area contributed by atoms with Crippen molar-refractivity contribution in [3.05, 3.63) is 69.6 Å². The smallest absolute Gasteiger partial charge is 0.281 e. The van der Waals surface area contributed by atoms with Crippen molar-refractivity contribution in [1.29, 1.82) is 0 Å². The fraction of sp³-hybridized carbons (Fsp3) is 0.0526. The summed E-state index contributed by atoms with van der Waals surface area (Å²) in [5, 5.41) is 8.55. The van der Waals surface area contributed by atoms with E-state index in [4.69, 9.17) is 4.98 Å². The normalized spacial score (nSPS) is 11.5.